The minimum atomic E-state index is -5.03. The lowest BCUT2D eigenvalue weighted by atomic mass is 10.2. The first kappa shape index (κ1) is 23.4. The van der Waals surface area contributed by atoms with Crippen molar-refractivity contribution in [3.8, 4) is 23.0 Å². The van der Waals surface area contributed by atoms with E-state index in [2.05, 4.69) is 0 Å². The summed E-state index contributed by atoms with van der Waals surface area (Å²) in [6.07, 6.45) is -5.03. The third-order valence-electron chi connectivity index (χ3n) is 4.79. The highest BCUT2D eigenvalue weighted by molar-refractivity contribution is 6.31. The molecule has 0 N–H and O–H groups in total. The summed E-state index contributed by atoms with van der Waals surface area (Å²) in [7, 11) is 1.38. The van der Waals surface area contributed by atoms with Crippen LogP contribution in [-0.2, 0) is 12.8 Å². The average molecular weight is 495 g/mol. The highest BCUT2D eigenvalue weighted by atomic mass is 35.5. The normalized spacial score (nSPS) is 11.5. The standard InChI is InChI=1S/C24H15ClF4O5/c1-31-13-4-2-5-15(10-13)33-22-21(30)16-9-8-14(11-20(16)34-23(22)24(27,28)29)32-12-17-18(25)6-3-7-19(17)26/h2-11H,12H2,1H3. The van der Waals surface area contributed by atoms with E-state index in [0.29, 0.717) is 5.75 Å². The molecule has 0 aliphatic rings. The van der Waals surface area contributed by atoms with Crippen molar-refractivity contribution >= 4 is 22.6 Å². The molecular weight excluding hydrogens is 480 g/mol. The van der Waals surface area contributed by atoms with Gasteiger partial charge in [0, 0.05) is 17.7 Å². The van der Waals surface area contributed by atoms with Gasteiger partial charge in [0.25, 0.3) is 5.76 Å². The molecule has 1 aromatic heterocycles. The van der Waals surface area contributed by atoms with Gasteiger partial charge in [0.1, 0.15) is 35.3 Å². The van der Waals surface area contributed by atoms with Crippen LogP contribution in [0.15, 0.2) is 69.9 Å². The molecule has 0 unspecified atom stereocenters. The Kier molecular flexibility index (Phi) is 6.39. The van der Waals surface area contributed by atoms with Crippen molar-refractivity contribution in [2.75, 3.05) is 7.11 Å². The molecule has 176 valence electrons. The zero-order valence-electron chi connectivity index (χ0n) is 17.4. The Hall–Kier alpha value is -3.72. The van der Waals surface area contributed by atoms with Crippen LogP contribution < -0.4 is 19.6 Å². The maximum atomic E-state index is 13.9. The number of hydrogen-bond acceptors (Lipinski definition) is 5. The number of benzene rings is 3. The van der Waals surface area contributed by atoms with Crippen LogP contribution in [0.4, 0.5) is 17.6 Å². The number of halogens is 5. The summed E-state index contributed by atoms with van der Waals surface area (Å²) in [5.74, 6) is -2.89. The predicted octanol–water partition coefficient (Wildman–Crippen LogP) is 6.98. The Morgan fingerprint density at radius 1 is 0.971 bits per heavy atom. The van der Waals surface area contributed by atoms with Crippen LogP contribution in [0.1, 0.15) is 11.3 Å². The number of methoxy groups -OCH3 is 1. The molecule has 0 amide bonds. The van der Waals surface area contributed by atoms with E-state index in [1.54, 1.807) is 6.07 Å². The quantitative estimate of drug-likeness (QED) is 0.270. The highest BCUT2D eigenvalue weighted by Gasteiger charge is 2.40. The predicted molar refractivity (Wildman–Crippen MR) is 116 cm³/mol. The van der Waals surface area contributed by atoms with Gasteiger partial charge in [0.2, 0.25) is 11.2 Å². The van der Waals surface area contributed by atoms with Crippen molar-refractivity contribution in [2.24, 2.45) is 0 Å². The van der Waals surface area contributed by atoms with E-state index in [-0.39, 0.29) is 39.7 Å². The van der Waals surface area contributed by atoms with Gasteiger partial charge in [0.15, 0.2) is 0 Å². The monoisotopic (exact) mass is 494 g/mol. The van der Waals surface area contributed by atoms with E-state index in [0.717, 1.165) is 6.07 Å². The van der Waals surface area contributed by atoms with Crippen molar-refractivity contribution in [3.63, 3.8) is 0 Å². The Balaban J connectivity index is 1.73. The molecule has 0 saturated carbocycles. The van der Waals surface area contributed by atoms with Crippen LogP contribution in [0.2, 0.25) is 5.02 Å². The Morgan fingerprint density at radius 3 is 2.41 bits per heavy atom. The summed E-state index contributed by atoms with van der Waals surface area (Å²) in [5.41, 5.74) is -1.34. The molecule has 0 saturated heterocycles. The van der Waals surface area contributed by atoms with Gasteiger partial charge >= 0.3 is 6.18 Å². The third-order valence-corrected chi connectivity index (χ3v) is 5.14. The smallest absolute Gasteiger partial charge is 0.453 e. The van der Waals surface area contributed by atoms with Gasteiger partial charge in [0.05, 0.1) is 17.5 Å². The van der Waals surface area contributed by atoms with Crippen LogP contribution >= 0.6 is 11.6 Å². The summed E-state index contributed by atoms with van der Waals surface area (Å²) in [6.45, 7) is -0.287. The molecule has 0 radical (unpaired) electrons. The van der Waals surface area contributed by atoms with Crippen molar-refractivity contribution in [1.82, 2.24) is 0 Å². The zero-order chi connectivity index (χ0) is 24.5. The first-order valence-corrected chi connectivity index (χ1v) is 10.1. The zero-order valence-corrected chi connectivity index (χ0v) is 18.2. The second kappa shape index (κ2) is 9.26. The first-order valence-electron chi connectivity index (χ1n) is 9.73. The highest BCUT2D eigenvalue weighted by Crippen LogP contribution is 2.39. The SMILES string of the molecule is COc1cccc(Oc2c(C(F)(F)F)oc3cc(OCc4c(F)cccc4Cl)ccc3c2=O)c1. The molecule has 5 nitrogen and oxygen atoms in total. The largest absolute Gasteiger partial charge is 0.497 e. The lowest BCUT2D eigenvalue weighted by molar-refractivity contribution is -0.154. The topological polar surface area (TPSA) is 57.9 Å². The fourth-order valence-corrected chi connectivity index (χ4v) is 3.35. The van der Waals surface area contributed by atoms with Crippen molar-refractivity contribution in [2.45, 2.75) is 12.8 Å². The van der Waals surface area contributed by atoms with Gasteiger partial charge in [-0.25, -0.2) is 4.39 Å². The summed E-state index contributed by atoms with van der Waals surface area (Å²) < 4.78 is 76.0. The van der Waals surface area contributed by atoms with Gasteiger partial charge < -0.3 is 18.6 Å². The van der Waals surface area contributed by atoms with Crippen molar-refractivity contribution < 1.29 is 36.2 Å². The van der Waals surface area contributed by atoms with Gasteiger partial charge in [-0.1, -0.05) is 23.7 Å². The van der Waals surface area contributed by atoms with Crippen LogP contribution in [0.3, 0.4) is 0 Å². The maximum absolute atomic E-state index is 13.9. The Morgan fingerprint density at radius 2 is 1.71 bits per heavy atom. The Bertz CT molecular complexity index is 1390. The summed E-state index contributed by atoms with van der Waals surface area (Å²) >= 11 is 5.96. The molecule has 0 fully saturated rings. The van der Waals surface area contributed by atoms with Crippen LogP contribution in [-0.4, -0.2) is 7.11 Å². The molecule has 0 aliphatic carbocycles. The Labute approximate surface area is 195 Å². The molecule has 0 atom stereocenters. The van der Waals surface area contributed by atoms with Gasteiger partial charge in [-0.05, 0) is 36.4 Å². The third kappa shape index (κ3) is 4.79. The minimum absolute atomic E-state index is 0.0433. The number of alkyl halides is 3. The second-order valence-electron chi connectivity index (χ2n) is 7.02. The van der Waals surface area contributed by atoms with Crippen LogP contribution in [0.25, 0.3) is 11.0 Å². The summed E-state index contributed by atoms with van der Waals surface area (Å²) in [6, 6.07) is 13.5. The van der Waals surface area contributed by atoms with E-state index >= 15 is 0 Å². The lowest BCUT2D eigenvalue weighted by Crippen LogP contribution is -2.15. The van der Waals surface area contributed by atoms with Gasteiger partial charge in [-0.3, -0.25) is 4.79 Å². The van der Waals surface area contributed by atoms with Crippen molar-refractivity contribution in [3.05, 3.63) is 93.1 Å². The number of hydrogen-bond donors (Lipinski definition) is 0. The number of fused-ring (bicyclic) bond motifs is 1. The fraction of sp³-hybridized carbons (Fsp3) is 0.125. The first-order chi connectivity index (χ1) is 16.2. The molecule has 0 aliphatic heterocycles. The maximum Gasteiger partial charge on any atom is 0.453 e. The second-order valence-corrected chi connectivity index (χ2v) is 7.42. The molecule has 0 spiro atoms. The summed E-state index contributed by atoms with van der Waals surface area (Å²) in [5, 5.41) is -0.0341. The van der Waals surface area contributed by atoms with Crippen molar-refractivity contribution in [1.29, 1.82) is 0 Å². The number of ether oxygens (including phenoxy) is 3. The van der Waals surface area contributed by atoms with E-state index < -0.39 is 28.9 Å². The molecule has 0 bridgehead atoms. The minimum Gasteiger partial charge on any atom is -0.497 e. The number of rotatable bonds is 6. The molecule has 4 rings (SSSR count). The van der Waals surface area contributed by atoms with E-state index in [9.17, 15) is 22.4 Å². The molecule has 10 heteroatoms. The fourth-order valence-electron chi connectivity index (χ4n) is 3.13. The average Bonchev–Trinajstić information content (AvgIpc) is 2.80. The van der Waals surface area contributed by atoms with Gasteiger partial charge in [-0.15, -0.1) is 0 Å². The van der Waals surface area contributed by atoms with E-state index in [1.165, 1.54) is 55.6 Å². The molecule has 3 aromatic carbocycles. The molecule has 34 heavy (non-hydrogen) atoms. The lowest BCUT2D eigenvalue weighted by Gasteiger charge is -2.14. The van der Waals surface area contributed by atoms with Gasteiger partial charge in [-0.2, -0.15) is 13.2 Å². The van der Waals surface area contributed by atoms with E-state index in [4.69, 9.17) is 30.2 Å². The molecular formula is C24H15ClF4O5. The van der Waals surface area contributed by atoms with Crippen LogP contribution in [0.5, 0.6) is 23.0 Å². The van der Waals surface area contributed by atoms with Crippen LogP contribution in [0, 0.1) is 5.82 Å². The molecule has 1 heterocycles. The summed E-state index contributed by atoms with van der Waals surface area (Å²) in [4.78, 5) is 12.9. The molecule has 4 aromatic rings. The van der Waals surface area contributed by atoms with E-state index in [1.807, 2.05) is 0 Å².